The highest BCUT2D eigenvalue weighted by Crippen LogP contribution is 2.31. The molecule has 0 radical (unpaired) electrons. The number of para-hydroxylation sites is 1. The second kappa shape index (κ2) is 6.88. The number of urea groups is 1. The van der Waals surface area contributed by atoms with Gasteiger partial charge in [0, 0.05) is 18.7 Å². The zero-order valence-electron chi connectivity index (χ0n) is 12.7. The lowest BCUT2D eigenvalue weighted by Crippen LogP contribution is -2.24. The lowest BCUT2D eigenvalue weighted by Gasteiger charge is -2.18. The van der Waals surface area contributed by atoms with Crippen molar-refractivity contribution in [3.8, 4) is 0 Å². The molecule has 0 unspecified atom stereocenters. The molecule has 1 heterocycles. The number of amides is 3. The summed E-state index contributed by atoms with van der Waals surface area (Å²) in [4.78, 5) is 25.3. The number of hydrogen-bond acceptors (Lipinski definition) is 2. The van der Waals surface area contributed by atoms with Crippen molar-refractivity contribution in [3.63, 3.8) is 0 Å². The van der Waals surface area contributed by atoms with E-state index in [4.69, 9.17) is 11.6 Å². The van der Waals surface area contributed by atoms with E-state index in [0.29, 0.717) is 29.4 Å². The number of carbonyl (C=O) groups excluding carboxylic acids is 2. The van der Waals surface area contributed by atoms with Crippen LogP contribution in [0.4, 0.5) is 26.2 Å². The Morgan fingerprint density at radius 3 is 2.62 bits per heavy atom. The van der Waals surface area contributed by atoms with Gasteiger partial charge in [0.15, 0.2) is 0 Å². The summed E-state index contributed by atoms with van der Waals surface area (Å²) in [6.45, 7) is 0.638. The summed E-state index contributed by atoms with van der Waals surface area (Å²) in [6.07, 6.45) is 1.32. The Morgan fingerprint density at radius 1 is 1.17 bits per heavy atom. The molecule has 2 N–H and O–H groups in total. The Labute approximate surface area is 143 Å². The van der Waals surface area contributed by atoms with Crippen molar-refractivity contribution in [2.24, 2.45) is 0 Å². The van der Waals surface area contributed by atoms with Gasteiger partial charge in [-0.1, -0.05) is 23.7 Å². The second-order valence-corrected chi connectivity index (χ2v) is 5.78. The number of rotatable bonds is 3. The number of benzene rings is 2. The number of carbonyl (C=O) groups is 2. The van der Waals surface area contributed by atoms with E-state index in [-0.39, 0.29) is 11.6 Å². The van der Waals surface area contributed by atoms with Crippen molar-refractivity contribution in [1.82, 2.24) is 0 Å². The molecule has 3 amide bonds. The summed E-state index contributed by atoms with van der Waals surface area (Å²) < 4.78 is 13.5. The predicted octanol–water partition coefficient (Wildman–Crippen LogP) is 4.25. The van der Waals surface area contributed by atoms with Crippen molar-refractivity contribution >= 4 is 40.6 Å². The molecule has 1 saturated heterocycles. The first-order valence-electron chi connectivity index (χ1n) is 7.47. The number of halogens is 2. The Balaban J connectivity index is 1.69. The fourth-order valence-electron chi connectivity index (χ4n) is 2.55. The van der Waals surface area contributed by atoms with Crippen LogP contribution in [0.25, 0.3) is 0 Å². The highest BCUT2D eigenvalue weighted by Gasteiger charge is 2.23. The summed E-state index contributed by atoms with van der Waals surface area (Å²) in [5.41, 5.74) is 1.16. The normalized spacial score (nSPS) is 13.9. The van der Waals surface area contributed by atoms with Gasteiger partial charge in [0.1, 0.15) is 5.82 Å². The van der Waals surface area contributed by atoms with E-state index in [0.717, 1.165) is 6.42 Å². The third-order valence-corrected chi connectivity index (χ3v) is 3.99. The fourth-order valence-corrected chi connectivity index (χ4v) is 2.84. The minimum atomic E-state index is -0.582. The molecule has 1 aliphatic heterocycles. The third kappa shape index (κ3) is 3.49. The molecule has 3 rings (SSSR count). The summed E-state index contributed by atoms with van der Waals surface area (Å²) in [6, 6.07) is 10.2. The monoisotopic (exact) mass is 347 g/mol. The van der Waals surface area contributed by atoms with Crippen LogP contribution in [0, 0.1) is 5.82 Å². The number of hydrogen-bond donors (Lipinski definition) is 2. The van der Waals surface area contributed by atoms with Gasteiger partial charge < -0.3 is 15.5 Å². The van der Waals surface area contributed by atoms with Gasteiger partial charge in [-0.25, -0.2) is 9.18 Å². The molecule has 0 spiro atoms. The molecule has 0 bridgehead atoms. The van der Waals surface area contributed by atoms with Crippen LogP contribution >= 0.6 is 11.6 Å². The van der Waals surface area contributed by atoms with Crippen LogP contribution < -0.4 is 15.5 Å². The lowest BCUT2D eigenvalue weighted by atomic mass is 10.2. The minimum Gasteiger partial charge on any atom is -0.311 e. The van der Waals surface area contributed by atoms with Crippen LogP contribution in [-0.4, -0.2) is 18.5 Å². The molecule has 0 atom stereocenters. The molecule has 7 heteroatoms. The van der Waals surface area contributed by atoms with Crippen LogP contribution in [-0.2, 0) is 4.79 Å². The molecule has 2 aromatic rings. The largest absolute Gasteiger partial charge is 0.323 e. The molecular weight excluding hydrogens is 333 g/mol. The second-order valence-electron chi connectivity index (χ2n) is 5.37. The van der Waals surface area contributed by atoms with Crippen LogP contribution in [0.1, 0.15) is 12.8 Å². The standard InChI is InChI=1S/C17H15ClFN3O2/c18-12-10-11(7-8-15(12)22-9-3-6-16(22)23)20-17(24)21-14-5-2-1-4-13(14)19/h1-2,4-5,7-8,10H,3,6,9H2,(H2,20,21,24). The van der Waals surface area contributed by atoms with E-state index in [1.54, 1.807) is 29.2 Å². The molecule has 1 fully saturated rings. The average molecular weight is 348 g/mol. The van der Waals surface area contributed by atoms with E-state index in [9.17, 15) is 14.0 Å². The fraction of sp³-hybridized carbons (Fsp3) is 0.176. The van der Waals surface area contributed by atoms with Crippen LogP contribution in [0.5, 0.6) is 0 Å². The maximum absolute atomic E-state index is 13.5. The Bertz CT molecular complexity index is 797. The van der Waals surface area contributed by atoms with Crippen molar-refractivity contribution < 1.29 is 14.0 Å². The molecule has 0 aromatic heterocycles. The van der Waals surface area contributed by atoms with Crippen LogP contribution in [0.3, 0.4) is 0 Å². The molecule has 124 valence electrons. The van der Waals surface area contributed by atoms with Crippen LogP contribution in [0.2, 0.25) is 5.02 Å². The van der Waals surface area contributed by atoms with Gasteiger partial charge in [-0.05, 0) is 36.8 Å². The van der Waals surface area contributed by atoms with Gasteiger partial charge in [-0.15, -0.1) is 0 Å². The summed E-state index contributed by atoms with van der Waals surface area (Å²) in [5.74, 6) is -0.483. The molecular formula is C17H15ClFN3O2. The summed E-state index contributed by atoms with van der Waals surface area (Å²) in [5, 5.41) is 5.37. The topological polar surface area (TPSA) is 61.4 Å². The Kier molecular flexibility index (Phi) is 4.66. The Morgan fingerprint density at radius 2 is 1.96 bits per heavy atom. The summed E-state index contributed by atoms with van der Waals surface area (Å²) in [7, 11) is 0. The van der Waals surface area contributed by atoms with Crippen LogP contribution in [0.15, 0.2) is 42.5 Å². The third-order valence-electron chi connectivity index (χ3n) is 3.69. The van der Waals surface area contributed by atoms with Crippen molar-refractivity contribution in [3.05, 3.63) is 53.3 Å². The van der Waals surface area contributed by atoms with Gasteiger partial charge in [0.25, 0.3) is 0 Å². The highest BCUT2D eigenvalue weighted by molar-refractivity contribution is 6.34. The maximum Gasteiger partial charge on any atom is 0.323 e. The number of nitrogens with one attached hydrogen (secondary N) is 2. The first-order chi connectivity index (χ1) is 11.5. The highest BCUT2D eigenvalue weighted by atomic mass is 35.5. The van der Waals surface area contributed by atoms with E-state index in [2.05, 4.69) is 10.6 Å². The molecule has 5 nitrogen and oxygen atoms in total. The lowest BCUT2D eigenvalue weighted by molar-refractivity contribution is -0.117. The first kappa shape index (κ1) is 16.3. The molecule has 24 heavy (non-hydrogen) atoms. The molecule has 0 saturated carbocycles. The van der Waals surface area contributed by atoms with Gasteiger partial charge in [0.05, 0.1) is 16.4 Å². The average Bonchev–Trinajstić information content (AvgIpc) is 2.96. The van der Waals surface area contributed by atoms with Crippen molar-refractivity contribution in [1.29, 1.82) is 0 Å². The summed E-state index contributed by atoms with van der Waals surface area (Å²) >= 11 is 6.22. The zero-order valence-corrected chi connectivity index (χ0v) is 13.4. The smallest absolute Gasteiger partial charge is 0.311 e. The SMILES string of the molecule is O=C(Nc1ccc(N2CCCC2=O)c(Cl)c1)Nc1ccccc1F. The minimum absolute atomic E-state index is 0.0369. The quantitative estimate of drug-likeness (QED) is 0.871. The molecule has 2 aromatic carbocycles. The van der Waals surface area contributed by atoms with Crippen molar-refractivity contribution in [2.75, 3.05) is 22.1 Å². The van der Waals surface area contributed by atoms with Gasteiger partial charge >= 0.3 is 6.03 Å². The Hall–Kier alpha value is -2.60. The first-order valence-corrected chi connectivity index (χ1v) is 7.85. The van der Waals surface area contributed by atoms with E-state index >= 15 is 0 Å². The van der Waals surface area contributed by atoms with Crippen molar-refractivity contribution in [2.45, 2.75) is 12.8 Å². The number of anilines is 3. The van der Waals surface area contributed by atoms with Gasteiger partial charge in [-0.3, -0.25) is 4.79 Å². The van der Waals surface area contributed by atoms with E-state index in [1.165, 1.54) is 18.2 Å². The van der Waals surface area contributed by atoms with E-state index < -0.39 is 11.8 Å². The number of nitrogens with zero attached hydrogens (tertiary/aromatic N) is 1. The molecule has 1 aliphatic rings. The van der Waals surface area contributed by atoms with Gasteiger partial charge in [-0.2, -0.15) is 0 Å². The predicted molar refractivity (Wildman–Crippen MR) is 92.1 cm³/mol. The van der Waals surface area contributed by atoms with Gasteiger partial charge in [0.2, 0.25) is 5.91 Å². The maximum atomic E-state index is 13.5. The zero-order chi connectivity index (χ0) is 17.1. The molecule has 0 aliphatic carbocycles. The van der Waals surface area contributed by atoms with E-state index in [1.807, 2.05) is 0 Å².